The Morgan fingerprint density at radius 1 is 1.09 bits per heavy atom. The summed E-state index contributed by atoms with van der Waals surface area (Å²) in [7, 11) is 1.56. The van der Waals surface area contributed by atoms with Crippen molar-refractivity contribution in [3.05, 3.63) is 69.1 Å². The number of fused-ring (bicyclic) bond motifs is 2. The molecule has 1 amide bonds. The highest BCUT2D eigenvalue weighted by atomic mass is 16.5. The molecule has 0 fully saturated rings. The molecule has 0 unspecified atom stereocenters. The van der Waals surface area contributed by atoms with Crippen LogP contribution in [0.3, 0.4) is 0 Å². The number of benzene rings is 2. The fraction of sp³-hybridized carbons (Fsp3) is 0.385. The molecule has 0 aliphatic carbocycles. The molecule has 0 radical (unpaired) electrons. The number of carbonyl (C=O) groups is 1. The van der Waals surface area contributed by atoms with E-state index in [-0.39, 0.29) is 30.2 Å². The third-order valence-electron chi connectivity index (χ3n) is 5.94. The molecule has 1 N–H and O–H groups in total. The number of hydrogen-bond acceptors (Lipinski definition) is 6. The first kappa shape index (κ1) is 22.9. The lowest BCUT2D eigenvalue weighted by Crippen LogP contribution is -2.31. The number of aliphatic hydroxyl groups is 1. The fourth-order valence-electron chi connectivity index (χ4n) is 4.25. The van der Waals surface area contributed by atoms with Gasteiger partial charge in [-0.25, -0.2) is 0 Å². The Balaban J connectivity index is 1.85. The van der Waals surface area contributed by atoms with Gasteiger partial charge in [-0.3, -0.25) is 9.59 Å². The second-order valence-electron chi connectivity index (χ2n) is 8.26. The molecule has 0 saturated carbocycles. The molecule has 1 atom stereocenters. The van der Waals surface area contributed by atoms with Gasteiger partial charge in [0.05, 0.1) is 30.7 Å². The monoisotopic (exact) mass is 451 g/mol. The Hall–Kier alpha value is -3.32. The standard InChI is InChI=1S/C26H29NO6/c1-4-5-13-32-20-10-8-17(15-21(20)31-3)23-22-24(29)18-14-16(2)7-9-19(18)33-25(22)26(30)27(23)11-6-12-28/h7-10,14-15,23,28H,4-6,11-13H2,1-3H3/t23-/m1/s1. The van der Waals surface area contributed by atoms with Crippen LogP contribution < -0.4 is 14.9 Å². The van der Waals surface area contributed by atoms with Crippen LogP contribution in [0, 0.1) is 6.92 Å². The van der Waals surface area contributed by atoms with E-state index in [9.17, 15) is 14.7 Å². The van der Waals surface area contributed by atoms with E-state index in [1.807, 2.05) is 25.1 Å². The van der Waals surface area contributed by atoms with Crippen LogP contribution >= 0.6 is 0 Å². The number of unbranched alkanes of at least 4 members (excludes halogenated alkanes) is 1. The van der Waals surface area contributed by atoms with Gasteiger partial charge in [0.1, 0.15) is 5.58 Å². The lowest BCUT2D eigenvalue weighted by atomic mass is 9.97. The minimum Gasteiger partial charge on any atom is -0.493 e. The first-order valence-electron chi connectivity index (χ1n) is 11.3. The van der Waals surface area contributed by atoms with Crippen molar-refractivity contribution in [2.75, 3.05) is 26.9 Å². The maximum atomic E-state index is 13.6. The maximum absolute atomic E-state index is 13.6. The van der Waals surface area contributed by atoms with E-state index in [0.717, 1.165) is 24.0 Å². The summed E-state index contributed by atoms with van der Waals surface area (Å²) in [4.78, 5) is 28.5. The number of hydrogen-bond donors (Lipinski definition) is 1. The van der Waals surface area contributed by atoms with Gasteiger partial charge in [-0.2, -0.15) is 0 Å². The molecule has 2 aromatic carbocycles. The summed E-state index contributed by atoms with van der Waals surface area (Å²) < 4.78 is 17.3. The van der Waals surface area contributed by atoms with Gasteiger partial charge in [-0.15, -0.1) is 0 Å². The van der Waals surface area contributed by atoms with Crippen molar-refractivity contribution < 1.29 is 23.8 Å². The van der Waals surface area contributed by atoms with Crippen LogP contribution in [0.25, 0.3) is 11.0 Å². The number of aryl methyl sites for hydroxylation is 1. The Labute approximate surface area is 192 Å². The van der Waals surface area contributed by atoms with Gasteiger partial charge < -0.3 is 23.9 Å². The molecule has 174 valence electrons. The summed E-state index contributed by atoms with van der Waals surface area (Å²) in [5.74, 6) is 0.849. The molecule has 2 heterocycles. The van der Waals surface area contributed by atoms with Gasteiger partial charge in [0.15, 0.2) is 16.9 Å². The molecule has 0 bridgehead atoms. The molecular weight excluding hydrogens is 422 g/mol. The van der Waals surface area contributed by atoms with E-state index in [2.05, 4.69) is 6.92 Å². The fourth-order valence-corrected chi connectivity index (χ4v) is 4.25. The van der Waals surface area contributed by atoms with Crippen molar-refractivity contribution >= 4 is 16.9 Å². The summed E-state index contributed by atoms with van der Waals surface area (Å²) in [5.41, 5.74) is 2.14. The zero-order valence-corrected chi connectivity index (χ0v) is 19.2. The van der Waals surface area contributed by atoms with Gasteiger partial charge in [-0.05, 0) is 49.6 Å². The first-order valence-corrected chi connectivity index (χ1v) is 11.3. The topological polar surface area (TPSA) is 89.2 Å². The zero-order chi connectivity index (χ0) is 23.5. The average Bonchev–Trinajstić information content (AvgIpc) is 3.10. The summed E-state index contributed by atoms with van der Waals surface area (Å²) in [6.07, 6.45) is 2.33. The predicted molar refractivity (Wildman–Crippen MR) is 125 cm³/mol. The van der Waals surface area contributed by atoms with Crippen molar-refractivity contribution in [2.45, 2.75) is 39.2 Å². The second-order valence-corrected chi connectivity index (χ2v) is 8.26. The molecule has 7 heteroatoms. The van der Waals surface area contributed by atoms with Gasteiger partial charge in [0.2, 0.25) is 5.76 Å². The van der Waals surface area contributed by atoms with Crippen LogP contribution in [0.5, 0.6) is 11.5 Å². The number of nitrogens with zero attached hydrogens (tertiary/aromatic N) is 1. The highest BCUT2D eigenvalue weighted by Crippen LogP contribution is 2.41. The quantitative estimate of drug-likeness (QED) is 0.490. The van der Waals surface area contributed by atoms with Crippen LogP contribution in [0.4, 0.5) is 0 Å². The van der Waals surface area contributed by atoms with Crippen LogP contribution in [-0.2, 0) is 0 Å². The van der Waals surface area contributed by atoms with Crippen LogP contribution in [-0.4, -0.2) is 42.8 Å². The number of aliphatic hydroxyl groups excluding tert-OH is 1. The van der Waals surface area contributed by atoms with E-state index in [0.29, 0.717) is 41.1 Å². The number of methoxy groups -OCH3 is 1. The number of ether oxygens (including phenoxy) is 2. The lowest BCUT2D eigenvalue weighted by molar-refractivity contribution is 0.0716. The summed E-state index contributed by atoms with van der Waals surface area (Å²) in [5, 5.41) is 9.83. The Morgan fingerprint density at radius 2 is 1.91 bits per heavy atom. The Bertz CT molecular complexity index is 1230. The number of rotatable bonds is 9. The van der Waals surface area contributed by atoms with E-state index in [1.165, 1.54) is 0 Å². The molecule has 33 heavy (non-hydrogen) atoms. The van der Waals surface area contributed by atoms with E-state index < -0.39 is 6.04 Å². The summed E-state index contributed by atoms with van der Waals surface area (Å²) in [6, 6.07) is 10.2. The SMILES string of the molecule is CCCCOc1ccc([C@@H]2c3c(oc4ccc(C)cc4c3=O)C(=O)N2CCCO)cc1OC. The minimum absolute atomic E-state index is 0.0570. The number of amides is 1. The van der Waals surface area contributed by atoms with Crippen molar-refractivity contribution in [3.8, 4) is 11.5 Å². The second kappa shape index (κ2) is 9.67. The molecule has 1 aliphatic rings. The largest absolute Gasteiger partial charge is 0.493 e. The third-order valence-corrected chi connectivity index (χ3v) is 5.94. The normalized spacial score (nSPS) is 15.2. The van der Waals surface area contributed by atoms with Crippen molar-refractivity contribution in [1.82, 2.24) is 4.90 Å². The minimum atomic E-state index is -0.640. The van der Waals surface area contributed by atoms with E-state index in [1.54, 1.807) is 30.2 Å². The summed E-state index contributed by atoms with van der Waals surface area (Å²) >= 11 is 0. The molecule has 1 aliphatic heterocycles. The van der Waals surface area contributed by atoms with Gasteiger partial charge in [0.25, 0.3) is 5.91 Å². The van der Waals surface area contributed by atoms with E-state index >= 15 is 0 Å². The van der Waals surface area contributed by atoms with Crippen LogP contribution in [0.1, 0.15) is 59.5 Å². The van der Waals surface area contributed by atoms with Gasteiger partial charge in [-0.1, -0.05) is 31.0 Å². The molecule has 3 aromatic rings. The highest BCUT2D eigenvalue weighted by molar-refractivity contribution is 5.99. The zero-order valence-electron chi connectivity index (χ0n) is 19.2. The number of carbonyl (C=O) groups excluding carboxylic acids is 1. The van der Waals surface area contributed by atoms with Crippen molar-refractivity contribution in [2.24, 2.45) is 0 Å². The van der Waals surface area contributed by atoms with Crippen molar-refractivity contribution in [1.29, 1.82) is 0 Å². The smallest absolute Gasteiger partial charge is 0.290 e. The Kier molecular flexibility index (Phi) is 6.70. The molecule has 7 nitrogen and oxygen atoms in total. The molecular formula is C26H29NO6. The maximum Gasteiger partial charge on any atom is 0.290 e. The third kappa shape index (κ3) is 4.20. The summed E-state index contributed by atoms with van der Waals surface area (Å²) in [6.45, 7) is 4.80. The van der Waals surface area contributed by atoms with E-state index in [4.69, 9.17) is 13.9 Å². The van der Waals surface area contributed by atoms with Gasteiger partial charge in [0, 0.05) is 13.2 Å². The predicted octanol–water partition coefficient (Wildman–Crippen LogP) is 4.22. The first-order chi connectivity index (χ1) is 16.0. The highest BCUT2D eigenvalue weighted by Gasteiger charge is 2.42. The molecule has 0 spiro atoms. The average molecular weight is 452 g/mol. The van der Waals surface area contributed by atoms with Gasteiger partial charge >= 0.3 is 0 Å². The molecule has 0 saturated heterocycles. The lowest BCUT2D eigenvalue weighted by Gasteiger charge is -2.25. The Morgan fingerprint density at radius 3 is 2.64 bits per heavy atom. The van der Waals surface area contributed by atoms with Crippen LogP contribution in [0.15, 0.2) is 45.6 Å². The van der Waals surface area contributed by atoms with Crippen molar-refractivity contribution in [3.63, 3.8) is 0 Å². The molecule has 1 aromatic heterocycles. The molecule has 4 rings (SSSR count). The van der Waals surface area contributed by atoms with Crippen LogP contribution in [0.2, 0.25) is 0 Å².